The lowest BCUT2D eigenvalue weighted by atomic mass is 9.81. The summed E-state index contributed by atoms with van der Waals surface area (Å²) in [6, 6.07) is 79.5. The lowest BCUT2D eigenvalue weighted by Crippen LogP contribution is -2.30. The van der Waals surface area contributed by atoms with Gasteiger partial charge in [-0.25, -0.2) is 15.0 Å². The molecule has 354 valence electrons. The van der Waals surface area contributed by atoms with Crippen LogP contribution in [0, 0.1) is 0 Å². The zero-order chi connectivity index (χ0) is 49.5. The van der Waals surface area contributed by atoms with Crippen LogP contribution in [0.4, 0.5) is 22.7 Å². The second kappa shape index (κ2) is 19.0. The van der Waals surface area contributed by atoms with Crippen molar-refractivity contribution < 1.29 is 0 Å². The van der Waals surface area contributed by atoms with Crippen LogP contribution in [-0.4, -0.2) is 21.1 Å². The molecule has 10 aromatic carbocycles. The molecule has 2 atom stereocenters. The van der Waals surface area contributed by atoms with E-state index in [0.717, 1.165) is 85.1 Å². The van der Waals surface area contributed by atoms with Gasteiger partial charge in [-0.15, -0.1) is 0 Å². The second-order valence-corrected chi connectivity index (χ2v) is 19.3. The van der Waals surface area contributed by atoms with Crippen LogP contribution < -0.4 is 16.0 Å². The van der Waals surface area contributed by atoms with E-state index in [2.05, 4.69) is 242 Å². The zero-order valence-electron chi connectivity index (χ0n) is 41.0. The third kappa shape index (κ3) is 8.16. The summed E-state index contributed by atoms with van der Waals surface area (Å²) in [5.41, 5.74) is 24.4. The van der Waals surface area contributed by atoms with Crippen molar-refractivity contribution >= 4 is 49.9 Å². The van der Waals surface area contributed by atoms with E-state index in [1.807, 2.05) is 18.2 Å². The highest BCUT2D eigenvalue weighted by atomic mass is 15.3. The summed E-state index contributed by atoms with van der Waals surface area (Å²) in [6.07, 6.45) is 8.83. The molecule has 74 heavy (non-hydrogen) atoms. The number of anilines is 4. The van der Waals surface area contributed by atoms with Crippen LogP contribution in [0.5, 0.6) is 0 Å². The van der Waals surface area contributed by atoms with E-state index >= 15 is 0 Å². The maximum absolute atomic E-state index is 7.09. The molecule has 0 saturated heterocycles. The summed E-state index contributed by atoms with van der Waals surface area (Å²) < 4.78 is 0. The standard InChI is InChI=1S/C68H52N6/c1-2-64-70-62-43-51(55-25-12-11-24-54(55)45-17-5-3-6-18-45)37-40-63(62)74(64)53-38-35-47(36-39-53)58-30-16-29-57(65(58)69)46-33-31-44(32-34-46)49-22-15-23-52(41-49)67-71-66(48-19-7-4-8-20-48)72-68(73-67)61-42-50-21-9-10-26-56(50)59-27-13-14-28-60(59)61/h3-24,26-43,55,64,70H,2,25,69H2,1H3. The van der Waals surface area contributed by atoms with Crippen LogP contribution in [-0.2, 0) is 0 Å². The second-order valence-electron chi connectivity index (χ2n) is 19.3. The molecule has 1 aliphatic heterocycles. The van der Waals surface area contributed by atoms with Gasteiger partial charge in [-0.05, 0) is 110 Å². The van der Waals surface area contributed by atoms with Gasteiger partial charge in [-0.3, -0.25) is 0 Å². The average Bonchev–Trinajstić information content (AvgIpc) is 3.86. The maximum Gasteiger partial charge on any atom is 0.164 e. The average molecular weight is 953 g/mol. The van der Waals surface area contributed by atoms with Gasteiger partial charge < -0.3 is 16.0 Å². The zero-order valence-corrected chi connectivity index (χ0v) is 41.0. The third-order valence-corrected chi connectivity index (χ3v) is 14.9. The molecule has 6 nitrogen and oxygen atoms in total. The van der Waals surface area contributed by atoms with Gasteiger partial charge >= 0.3 is 0 Å². The number of hydrogen-bond donors (Lipinski definition) is 2. The molecule has 1 aromatic heterocycles. The van der Waals surface area contributed by atoms with E-state index in [1.165, 1.54) is 38.8 Å². The van der Waals surface area contributed by atoms with Crippen LogP contribution >= 0.6 is 0 Å². The minimum atomic E-state index is 0.145. The van der Waals surface area contributed by atoms with Crippen molar-refractivity contribution in [2.24, 2.45) is 0 Å². The molecule has 6 heteroatoms. The fraction of sp³-hybridized carbons (Fsp3) is 0.0735. The van der Waals surface area contributed by atoms with Crippen molar-refractivity contribution in [3.63, 3.8) is 0 Å². The summed E-state index contributed by atoms with van der Waals surface area (Å²) in [5, 5.41) is 8.47. The maximum atomic E-state index is 7.09. The Bertz CT molecular complexity index is 3960. The Hall–Kier alpha value is -9.39. The first-order valence-corrected chi connectivity index (χ1v) is 25.6. The Labute approximate surface area is 431 Å². The van der Waals surface area contributed by atoms with Crippen LogP contribution in [0.1, 0.15) is 36.8 Å². The van der Waals surface area contributed by atoms with Crippen molar-refractivity contribution in [1.29, 1.82) is 0 Å². The lowest BCUT2D eigenvalue weighted by molar-refractivity contribution is 0.728. The molecule has 0 saturated carbocycles. The van der Waals surface area contributed by atoms with Crippen molar-refractivity contribution in [2.75, 3.05) is 16.0 Å². The molecule has 0 spiro atoms. The summed E-state index contributed by atoms with van der Waals surface area (Å²) in [7, 11) is 0. The molecule has 0 bridgehead atoms. The molecule has 0 radical (unpaired) electrons. The van der Waals surface area contributed by atoms with Crippen LogP contribution in [0.25, 0.3) is 94.7 Å². The number of rotatable bonds is 10. The molecule has 2 heterocycles. The van der Waals surface area contributed by atoms with Gasteiger partial charge in [-0.2, -0.15) is 0 Å². The first kappa shape index (κ1) is 44.5. The summed E-state index contributed by atoms with van der Waals surface area (Å²) in [6.45, 7) is 2.24. The number of nitrogens with two attached hydrogens (primary N) is 1. The van der Waals surface area contributed by atoms with Gasteiger partial charge in [0.1, 0.15) is 6.17 Å². The molecule has 1 aliphatic carbocycles. The highest BCUT2D eigenvalue weighted by Gasteiger charge is 2.30. The third-order valence-electron chi connectivity index (χ3n) is 14.9. The SMILES string of the molecule is CCC1Nc2cc(C3CC=CC=C3c3ccccc3)ccc2N1c1ccc(-c2cccc(-c3ccc(-c4cccc(-c5nc(-c6ccccc6)nc(-c6cc7ccccc7c7ccccc67)n5)c4)cc3)c2N)cc1. The van der Waals surface area contributed by atoms with Crippen molar-refractivity contribution in [3.05, 3.63) is 254 Å². The summed E-state index contributed by atoms with van der Waals surface area (Å²) >= 11 is 0. The molecule has 11 aromatic rings. The quantitative estimate of drug-likeness (QED) is 0.105. The molecular weight excluding hydrogens is 901 g/mol. The first-order valence-electron chi connectivity index (χ1n) is 25.6. The summed E-state index contributed by atoms with van der Waals surface area (Å²) in [5.74, 6) is 2.19. The number of nitrogens with one attached hydrogen (secondary N) is 1. The molecule has 0 fully saturated rings. The molecule has 2 aliphatic rings. The number of aromatic nitrogens is 3. The minimum Gasteiger partial charge on any atom is -0.398 e. The topological polar surface area (TPSA) is 80.0 Å². The predicted octanol–water partition coefficient (Wildman–Crippen LogP) is 17.2. The number of benzene rings is 10. The molecular formula is C68H52N6. The largest absolute Gasteiger partial charge is 0.398 e. The Morgan fingerprint density at radius 2 is 1.08 bits per heavy atom. The van der Waals surface area contributed by atoms with Gasteiger partial charge in [-0.1, -0.05) is 213 Å². The smallest absolute Gasteiger partial charge is 0.164 e. The number of hydrogen-bond acceptors (Lipinski definition) is 6. The van der Waals surface area contributed by atoms with Gasteiger partial charge in [0, 0.05) is 45.1 Å². The van der Waals surface area contributed by atoms with E-state index < -0.39 is 0 Å². The van der Waals surface area contributed by atoms with E-state index in [4.69, 9.17) is 20.7 Å². The Kier molecular flexibility index (Phi) is 11.4. The minimum absolute atomic E-state index is 0.145. The van der Waals surface area contributed by atoms with Crippen molar-refractivity contribution in [2.45, 2.75) is 31.8 Å². The van der Waals surface area contributed by atoms with Gasteiger partial charge in [0.25, 0.3) is 0 Å². The van der Waals surface area contributed by atoms with Crippen LogP contribution in [0.3, 0.4) is 0 Å². The monoisotopic (exact) mass is 952 g/mol. The normalized spacial score (nSPS) is 15.0. The van der Waals surface area contributed by atoms with E-state index in [9.17, 15) is 0 Å². The number of para-hydroxylation sites is 1. The number of allylic oxidation sites excluding steroid dienone is 4. The fourth-order valence-corrected chi connectivity index (χ4v) is 11.1. The van der Waals surface area contributed by atoms with E-state index in [-0.39, 0.29) is 6.17 Å². The fourth-order valence-electron chi connectivity index (χ4n) is 11.1. The molecule has 3 N–H and O–H groups in total. The first-order chi connectivity index (χ1) is 36.5. The van der Waals surface area contributed by atoms with Gasteiger partial charge in [0.15, 0.2) is 17.5 Å². The number of nitrogen functional groups attached to an aromatic ring is 1. The Morgan fingerprint density at radius 3 is 1.82 bits per heavy atom. The molecule has 0 amide bonds. The highest BCUT2D eigenvalue weighted by molar-refractivity contribution is 6.13. The van der Waals surface area contributed by atoms with Crippen molar-refractivity contribution in [3.8, 4) is 67.5 Å². The van der Waals surface area contributed by atoms with E-state index in [0.29, 0.717) is 23.4 Å². The molecule has 13 rings (SSSR count). The van der Waals surface area contributed by atoms with Crippen LogP contribution in [0.2, 0.25) is 0 Å². The lowest BCUT2D eigenvalue weighted by Gasteiger charge is -2.26. The summed E-state index contributed by atoms with van der Waals surface area (Å²) in [4.78, 5) is 17.9. The van der Waals surface area contributed by atoms with Crippen LogP contribution in [0.15, 0.2) is 243 Å². The Balaban J connectivity index is 0.772. The number of fused-ring (bicyclic) bond motifs is 4. The Morgan fingerprint density at radius 1 is 0.486 bits per heavy atom. The number of nitrogens with zero attached hydrogens (tertiary/aromatic N) is 4. The van der Waals surface area contributed by atoms with E-state index in [1.54, 1.807) is 0 Å². The highest BCUT2D eigenvalue weighted by Crippen LogP contribution is 2.46. The van der Waals surface area contributed by atoms with Gasteiger partial charge in [0.2, 0.25) is 0 Å². The van der Waals surface area contributed by atoms with Gasteiger partial charge in [0.05, 0.1) is 11.4 Å². The van der Waals surface area contributed by atoms with Crippen molar-refractivity contribution in [1.82, 2.24) is 15.0 Å². The predicted molar refractivity (Wildman–Crippen MR) is 309 cm³/mol. The molecule has 2 unspecified atom stereocenters.